The van der Waals surface area contributed by atoms with Crippen LogP contribution in [0.15, 0.2) is 24.3 Å². The molecule has 0 spiro atoms. The third-order valence-corrected chi connectivity index (χ3v) is 6.15. The molecule has 1 saturated carbocycles. The van der Waals surface area contributed by atoms with E-state index in [1.807, 2.05) is 17.0 Å². The Kier molecular flexibility index (Phi) is 4.59. The molecule has 4 heteroatoms. The summed E-state index contributed by atoms with van der Waals surface area (Å²) in [5.74, 6) is 0.859. The fraction of sp³-hybridized carbons (Fsp3) is 0.650. The highest BCUT2D eigenvalue weighted by molar-refractivity contribution is 5.94. The first-order valence-electron chi connectivity index (χ1n) is 9.41. The van der Waals surface area contributed by atoms with Crippen LogP contribution in [0.3, 0.4) is 0 Å². The topological polar surface area (TPSA) is 49.8 Å². The highest BCUT2D eigenvalue weighted by atomic mass is 16.5. The number of aliphatic hydroxyl groups is 1. The molecule has 2 aliphatic heterocycles. The van der Waals surface area contributed by atoms with Crippen molar-refractivity contribution in [2.45, 2.75) is 56.6 Å². The second kappa shape index (κ2) is 6.85. The average Bonchev–Trinajstić information content (AvgIpc) is 3.03. The van der Waals surface area contributed by atoms with Gasteiger partial charge in [0.1, 0.15) is 0 Å². The predicted octanol–water partition coefficient (Wildman–Crippen LogP) is 2.96. The van der Waals surface area contributed by atoms with Gasteiger partial charge in [-0.05, 0) is 55.7 Å². The van der Waals surface area contributed by atoms with Crippen molar-refractivity contribution in [3.63, 3.8) is 0 Å². The summed E-state index contributed by atoms with van der Waals surface area (Å²) in [4.78, 5) is 14.9. The minimum absolute atomic E-state index is 0.0550. The molecule has 1 amide bonds. The number of amides is 1. The van der Waals surface area contributed by atoms with Crippen LogP contribution in [0.25, 0.3) is 0 Å². The fourth-order valence-electron chi connectivity index (χ4n) is 4.41. The molecular weight excluding hydrogens is 302 g/mol. The van der Waals surface area contributed by atoms with Gasteiger partial charge in [-0.15, -0.1) is 0 Å². The van der Waals surface area contributed by atoms with Crippen molar-refractivity contribution in [1.82, 2.24) is 4.90 Å². The van der Waals surface area contributed by atoms with Crippen molar-refractivity contribution in [3.8, 4) is 0 Å². The third kappa shape index (κ3) is 2.98. The quantitative estimate of drug-likeness (QED) is 0.927. The largest absolute Gasteiger partial charge is 0.393 e. The molecule has 130 valence electrons. The van der Waals surface area contributed by atoms with Gasteiger partial charge in [-0.25, -0.2) is 0 Å². The summed E-state index contributed by atoms with van der Waals surface area (Å²) >= 11 is 0. The van der Waals surface area contributed by atoms with Crippen molar-refractivity contribution in [1.29, 1.82) is 0 Å². The Balaban J connectivity index is 1.48. The Morgan fingerprint density at radius 2 is 1.88 bits per heavy atom. The van der Waals surface area contributed by atoms with Crippen molar-refractivity contribution < 1.29 is 14.6 Å². The first-order chi connectivity index (χ1) is 11.7. The van der Waals surface area contributed by atoms with Gasteiger partial charge in [0.25, 0.3) is 5.91 Å². The third-order valence-electron chi connectivity index (χ3n) is 6.15. The summed E-state index contributed by atoms with van der Waals surface area (Å²) in [7, 11) is 0. The molecule has 0 unspecified atom stereocenters. The minimum Gasteiger partial charge on any atom is -0.393 e. The number of benzene rings is 1. The van der Waals surface area contributed by atoms with Crippen molar-refractivity contribution >= 4 is 5.91 Å². The number of likely N-dealkylation sites (tertiary alicyclic amines) is 1. The van der Waals surface area contributed by atoms with E-state index < -0.39 is 0 Å². The van der Waals surface area contributed by atoms with E-state index in [0.717, 1.165) is 24.9 Å². The molecule has 24 heavy (non-hydrogen) atoms. The first-order valence-corrected chi connectivity index (χ1v) is 9.41. The monoisotopic (exact) mass is 329 g/mol. The Hall–Kier alpha value is -1.39. The van der Waals surface area contributed by atoms with Crippen LogP contribution >= 0.6 is 0 Å². The summed E-state index contributed by atoms with van der Waals surface area (Å²) in [5, 5.41) is 10.3. The van der Waals surface area contributed by atoms with Gasteiger partial charge in [-0.2, -0.15) is 0 Å². The molecule has 0 bridgehead atoms. The molecule has 0 radical (unpaired) electrons. The molecule has 1 aromatic carbocycles. The minimum atomic E-state index is -0.349. The van der Waals surface area contributed by atoms with Gasteiger partial charge in [0.15, 0.2) is 0 Å². The smallest absolute Gasteiger partial charge is 0.254 e. The Bertz CT molecular complexity index is 581. The number of hydrogen-bond donors (Lipinski definition) is 1. The van der Waals surface area contributed by atoms with Crippen LogP contribution in [-0.4, -0.2) is 47.8 Å². The lowest BCUT2D eigenvalue weighted by molar-refractivity contribution is -0.0589. The molecule has 2 saturated heterocycles. The second-order valence-electron chi connectivity index (χ2n) is 7.55. The number of nitrogens with zero attached hydrogens (tertiary/aromatic N) is 1. The van der Waals surface area contributed by atoms with Crippen LogP contribution in [-0.2, 0) is 4.74 Å². The average molecular weight is 329 g/mol. The number of aliphatic hydroxyl groups excluding tert-OH is 1. The molecule has 4 nitrogen and oxygen atoms in total. The molecule has 1 aliphatic carbocycles. The summed E-state index contributed by atoms with van der Waals surface area (Å²) in [6.07, 6.45) is 6.20. The van der Waals surface area contributed by atoms with E-state index in [1.165, 1.54) is 24.8 Å². The normalized spacial score (nSPS) is 31.0. The standard InChI is InChI=1S/C20H27NO3/c22-19-10-12-24-13-17(19)18-5-2-11-21(18)20(23)16-8-6-15(7-9-16)14-3-1-4-14/h6-9,14,17-19,22H,1-5,10-13H2/t17-,18+,19-/m0/s1. The van der Waals surface area contributed by atoms with Gasteiger partial charge in [0.05, 0.1) is 12.7 Å². The number of rotatable bonds is 3. The Morgan fingerprint density at radius 1 is 1.08 bits per heavy atom. The van der Waals surface area contributed by atoms with Crippen LogP contribution < -0.4 is 0 Å². The Morgan fingerprint density at radius 3 is 2.54 bits per heavy atom. The molecule has 4 rings (SSSR count). The lowest BCUT2D eigenvalue weighted by atomic mass is 9.80. The zero-order chi connectivity index (χ0) is 16.5. The van der Waals surface area contributed by atoms with Crippen LogP contribution in [0.2, 0.25) is 0 Å². The van der Waals surface area contributed by atoms with E-state index in [-0.39, 0.29) is 24.0 Å². The fourth-order valence-corrected chi connectivity index (χ4v) is 4.41. The molecule has 1 aromatic rings. The van der Waals surface area contributed by atoms with Crippen molar-refractivity contribution in [2.24, 2.45) is 5.92 Å². The molecule has 3 atom stereocenters. The summed E-state index contributed by atoms with van der Waals surface area (Å²) in [5.41, 5.74) is 2.14. The lowest BCUT2D eigenvalue weighted by Gasteiger charge is -2.37. The highest BCUT2D eigenvalue weighted by Crippen LogP contribution is 2.36. The molecule has 3 aliphatic rings. The van der Waals surface area contributed by atoms with Gasteiger partial charge < -0.3 is 14.7 Å². The van der Waals surface area contributed by atoms with E-state index >= 15 is 0 Å². The van der Waals surface area contributed by atoms with Gasteiger partial charge in [0, 0.05) is 30.7 Å². The van der Waals surface area contributed by atoms with Crippen LogP contribution in [0.1, 0.15) is 60.4 Å². The highest BCUT2D eigenvalue weighted by Gasteiger charge is 2.39. The summed E-state index contributed by atoms with van der Waals surface area (Å²) < 4.78 is 5.56. The van der Waals surface area contributed by atoms with Gasteiger partial charge in [0.2, 0.25) is 0 Å². The maximum absolute atomic E-state index is 13.0. The zero-order valence-corrected chi connectivity index (χ0v) is 14.2. The van der Waals surface area contributed by atoms with E-state index in [0.29, 0.717) is 25.6 Å². The number of carbonyl (C=O) groups excluding carboxylic acids is 1. The van der Waals surface area contributed by atoms with Gasteiger partial charge in [-0.1, -0.05) is 18.6 Å². The first kappa shape index (κ1) is 16.1. The Labute approximate surface area is 143 Å². The molecule has 0 aromatic heterocycles. The predicted molar refractivity (Wildman–Crippen MR) is 92.0 cm³/mol. The van der Waals surface area contributed by atoms with E-state index in [4.69, 9.17) is 4.74 Å². The molecule has 1 N–H and O–H groups in total. The van der Waals surface area contributed by atoms with Gasteiger partial charge >= 0.3 is 0 Å². The van der Waals surface area contributed by atoms with E-state index in [9.17, 15) is 9.90 Å². The SMILES string of the molecule is O=C(c1ccc(C2CCC2)cc1)N1CCC[C@@H]1[C@@H]1COCC[C@@H]1O. The summed E-state index contributed by atoms with van der Waals surface area (Å²) in [6, 6.07) is 8.33. The molecular formula is C20H27NO3. The van der Waals surface area contributed by atoms with Crippen LogP contribution in [0, 0.1) is 5.92 Å². The van der Waals surface area contributed by atoms with Gasteiger partial charge in [-0.3, -0.25) is 4.79 Å². The molecule has 2 heterocycles. The maximum Gasteiger partial charge on any atom is 0.254 e. The molecule has 3 fully saturated rings. The van der Waals surface area contributed by atoms with E-state index in [1.54, 1.807) is 0 Å². The number of ether oxygens (including phenoxy) is 1. The summed E-state index contributed by atoms with van der Waals surface area (Å²) in [6.45, 7) is 1.98. The van der Waals surface area contributed by atoms with Crippen LogP contribution in [0.5, 0.6) is 0 Å². The number of carbonyl (C=O) groups is 1. The maximum atomic E-state index is 13.0. The lowest BCUT2D eigenvalue weighted by Crippen LogP contribution is -2.48. The number of hydrogen-bond acceptors (Lipinski definition) is 3. The zero-order valence-electron chi connectivity index (χ0n) is 14.2. The second-order valence-corrected chi connectivity index (χ2v) is 7.55. The van der Waals surface area contributed by atoms with Crippen LogP contribution in [0.4, 0.5) is 0 Å². The van der Waals surface area contributed by atoms with Crippen molar-refractivity contribution in [2.75, 3.05) is 19.8 Å². The van der Waals surface area contributed by atoms with Crippen molar-refractivity contribution in [3.05, 3.63) is 35.4 Å². The van der Waals surface area contributed by atoms with E-state index in [2.05, 4.69) is 12.1 Å².